The third-order valence-electron chi connectivity index (χ3n) is 6.05. The maximum atomic E-state index is 13.6. The minimum Gasteiger partial charge on any atom is -0.484 e. The first kappa shape index (κ1) is 26.5. The third kappa shape index (κ3) is 7.96. The van der Waals surface area contributed by atoms with Crippen molar-refractivity contribution in [2.24, 2.45) is 0 Å². The molecule has 3 rings (SSSR count). The van der Waals surface area contributed by atoms with E-state index in [1.807, 2.05) is 87.5 Å². The van der Waals surface area contributed by atoms with Gasteiger partial charge in [0.2, 0.25) is 5.91 Å². The van der Waals surface area contributed by atoms with Gasteiger partial charge in [-0.2, -0.15) is 0 Å². The van der Waals surface area contributed by atoms with Crippen molar-refractivity contribution in [2.75, 3.05) is 6.61 Å². The molecule has 0 saturated heterocycles. The van der Waals surface area contributed by atoms with Crippen LogP contribution >= 0.6 is 15.9 Å². The van der Waals surface area contributed by atoms with Crippen molar-refractivity contribution in [3.63, 3.8) is 0 Å². The van der Waals surface area contributed by atoms with Gasteiger partial charge < -0.3 is 15.0 Å². The monoisotopic (exact) mass is 536 g/mol. The average Bonchev–Trinajstić information content (AvgIpc) is 2.87. The Hall–Kier alpha value is -3.12. The smallest absolute Gasteiger partial charge is 0.261 e. The summed E-state index contributed by atoms with van der Waals surface area (Å²) in [6.07, 6.45) is 1.22. The molecule has 0 radical (unpaired) electrons. The summed E-state index contributed by atoms with van der Waals surface area (Å²) in [5, 5.41) is 3.09. The zero-order chi connectivity index (χ0) is 25.2. The number of nitrogens with one attached hydrogen (secondary N) is 1. The molecule has 0 aliphatic heterocycles. The van der Waals surface area contributed by atoms with Crippen molar-refractivity contribution in [2.45, 2.75) is 52.2 Å². The fourth-order valence-corrected chi connectivity index (χ4v) is 3.99. The van der Waals surface area contributed by atoms with Gasteiger partial charge in [-0.05, 0) is 61.2 Å². The van der Waals surface area contributed by atoms with Crippen molar-refractivity contribution in [1.29, 1.82) is 0 Å². The molecule has 0 bridgehead atoms. The number of hydrogen-bond acceptors (Lipinski definition) is 3. The molecule has 0 heterocycles. The van der Waals surface area contributed by atoms with E-state index in [1.165, 1.54) is 0 Å². The molecule has 0 saturated carbocycles. The van der Waals surface area contributed by atoms with Gasteiger partial charge in [0.25, 0.3) is 5.91 Å². The quantitative estimate of drug-likeness (QED) is 0.342. The van der Waals surface area contributed by atoms with Crippen molar-refractivity contribution >= 4 is 27.7 Å². The van der Waals surface area contributed by atoms with E-state index in [-0.39, 0.29) is 24.5 Å². The number of nitrogens with zero attached hydrogens (tertiary/aromatic N) is 1. The van der Waals surface area contributed by atoms with Crippen LogP contribution in [0.4, 0.5) is 0 Å². The summed E-state index contributed by atoms with van der Waals surface area (Å²) >= 11 is 3.41. The van der Waals surface area contributed by atoms with Gasteiger partial charge in [-0.25, -0.2) is 0 Å². The Kier molecular flexibility index (Phi) is 9.91. The van der Waals surface area contributed by atoms with E-state index in [0.717, 1.165) is 27.6 Å². The van der Waals surface area contributed by atoms with Gasteiger partial charge in [0.05, 0.1) is 0 Å². The van der Waals surface area contributed by atoms with Crippen LogP contribution in [-0.4, -0.2) is 35.4 Å². The van der Waals surface area contributed by atoms with Crippen LogP contribution in [0.2, 0.25) is 0 Å². The molecule has 0 aliphatic rings. The number of amides is 2. The lowest BCUT2D eigenvalue weighted by molar-refractivity contribution is -0.143. The molecule has 0 aromatic heterocycles. The Morgan fingerprint density at radius 2 is 1.63 bits per heavy atom. The largest absolute Gasteiger partial charge is 0.484 e. The van der Waals surface area contributed by atoms with Gasteiger partial charge in [0.15, 0.2) is 6.61 Å². The highest BCUT2D eigenvalue weighted by molar-refractivity contribution is 9.10. The zero-order valence-electron chi connectivity index (χ0n) is 20.5. The molecular formula is C29H33BrN2O3. The minimum absolute atomic E-state index is 0.00945. The summed E-state index contributed by atoms with van der Waals surface area (Å²) in [5.41, 5.74) is 3.06. The Morgan fingerprint density at radius 1 is 0.971 bits per heavy atom. The van der Waals surface area contributed by atoms with Crippen LogP contribution in [0.1, 0.15) is 37.0 Å². The van der Waals surface area contributed by atoms with Gasteiger partial charge in [0.1, 0.15) is 11.8 Å². The van der Waals surface area contributed by atoms with E-state index in [2.05, 4.69) is 21.2 Å². The van der Waals surface area contributed by atoms with Gasteiger partial charge >= 0.3 is 0 Å². The second kappa shape index (κ2) is 13.1. The first-order valence-electron chi connectivity index (χ1n) is 11.9. The van der Waals surface area contributed by atoms with Crippen LogP contribution in [0.5, 0.6) is 5.75 Å². The maximum absolute atomic E-state index is 13.6. The van der Waals surface area contributed by atoms with Gasteiger partial charge in [0, 0.05) is 23.5 Å². The molecule has 0 aliphatic carbocycles. The highest BCUT2D eigenvalue weighted by Gasteiger charge is 2.31. The highest BCUT2D eigenvalue weighted by Crippen LogP contribution is 2.19. The number of ether oxygens (including phenoxy) is 1. The Morgan fingerprint density at radius 3 is 2.29 bits per heavy atom. The molecule has 0 spiro atoms. The molecule has 2 atom stereocenters. The molecule has 0 fully saturated rings. The van der Waals surface area contributed by atoms with E-state index in [0.29, 0.717) is 18.7 Å². The number of carbonyl (C=O) groups excluding carboxylic acids is 2. The van der Waals surface area contributed by atoms with Crippen LogP contribution in [0, 0.1) is 6.92 Å². The summed E-state index contributed by atoms with van der Waals surface area (Å²) in [7, 11) is 0. The summed E-state index contributed by atoms with van der Waals surface area (Å²) in [5.74, 6) is 0.200. The average molecular weight is 537 g/mol. The fraction of sp³-hybridized carbons (Fsp3) is 0.310. The second-order valence-electron chi connectivity index (χ2n) is 8.71. The molecule has 2 amide bonds. The molecule has 35 heavy (non-hydrogen) atoms. The minimum atomic E-state index is -0.674. The molecule has 0 unspecified atom stereocenters. The summed E-state index contributed by atoms with van der Waals surface area (Å²) in [6.45, 7) is 6.18. The summed E-state index contributed by atoms with van der Waals surface area (Å²) in [4.78, 5) is 28.8. The van der Waals surface area contributed by atoms with E-state index < -0.39 is 6.04 Å². The Bertz CT molecular complexity index is 1100. The van der Waals surface area contributed by atoms with E-state index >= 15 is 0 Å². The van der Waals surface area contributed by atoms with Gasteiger partial charge in [-0.1, -0.05) is 77.5 Å². The van der Waals surface area contributed by atoms with Crippen molar-refractivity contribution in [3.05, 3.63) is 100 Å². The predicted octanol–water partition coefficient (Wildman–Crippen LogP) is 5.69. The fourth-order valence-electron chi connectivity index (χ4n) is 3.72. The standard InChI is InChI=1S/C29H33BrN2O3/c1-4-22(3)31-29(34)27(18-23-11-6-5-7-12-23)32(19-24-13-9-8-10-21(24)2)28(33)20-35-26-16-14-25(30)15-17-26/h5-17,22,27H,4,18-20H2,1-3H3,(H,31,34)/t22-,27+/m0/s1. The maximum Gasteiger partial charge on any atom is 0.261 e. The molecule has 6 heteroatoms. The van der Waals surface area contributed by atoms with Crippen molar-refractivity contribution < 1.29 is 14.3 Å². The molecule has 3 aromatic carbocycles. The predicted molar refractivity (Wildman–Crippen MR) is 143 cm³/mol. The third-order valence-corrected chi connectivity index (χ3v) is 6.58. The SMILES string of the molecule is CC[C@H](C)NC(=O)[C@@H](Cc1ccccc1)N(Cc1ccccc1C)C(=O)COc1ccc(Br)cc1. The van der Waals surface area contributed by atoms with Crippen LogP contribution < -0.4 is 10.1 Å². The lowest BCUT2D eigenvalue weighted by Crippen LogP contribution is -2.53. The van der Waals surface area contributed by atoms with Crippen LogP contribution in [-0.2, 0) is 22.6 Å². The first-order valence-corrected chi connectivity index (χ1v) is 12.7. The van der Waals surface area contributed by atoms with Crippen molar-refractivity contribution in [3.8, 4) is 5.75 Å². The Labute approximate surface area is 216 Å². The first-order chi connectivity index (χ1) is 16.9. The van der Waals surface area contributed by atoms with Gasteiger partial charge in [-0.15, -0.1) is 0 Å². The molecule has 5 nitrogen and oxygen atoms in total. The normalized spacial score (nSPS) is 12.5. The van der Waals surface area contributed by atoms with Crippen LogP contribution in [0.3, 0.4) is 0 Å². The number of halogens is 1. The zero-order valence-corrected chi connectivity index (χ0v) is 22.1. The Balaban J connectivity index is 1.91. The number of aryl methyl sites for hydroxylation is 1. The molecule has 1 N–H and O–H groups in total. The molecule has 184 valence electrons. The molecule has 3 aromatic rings. The molecular weight excluding hydrogens is 504 g/mol. The van der Waals surface area contributed by atoms with Crippen molar-refractivity contribution in [1.82, 2.24) is 10.2 Å². The number of benzene rings is 3. The number of carbonyl (C=O) groups is 2. The summed E-state index contributed by atoms with van der Waals surface area (Å²) in [6, 6.07) is 24.4. The number of rotatable bonds is 11. The topological polar surface area (TPSA) is 58.6 Å². The van der Waals surface area contributed by atoms with E-state index in [9.17, 15) is 9.59 Å². The lowest BCUT2D eigenvalue weighted by Gasteiger charge is -2.32. The van der Waals surface area contributed by atoms with Crippen LogP contribution in [0.25, 0.3) is 0 Å². The highest BCUT2D eigenvalue weighted by atomic mass is 79.9. The van der Waals surface area contributed by atoms with Gasteiger partial charge in [-0.3, -0.25) is 9.59 Å². The summed E-state index contributed by atoms with van der Waals surface area (Å²) < 4.78 is 6.74. The second-order valence-corrected chi connectivity index (χ2v) is 9.63. The van der Waals surface area contributed by atoms with E-state index in [1.54, 1.807) is 17.0 Å². The van der Waals surface area contributed by atoms with E-state index in [4.69, 9.17) is 4.74 Å². The number of hydrogen-bond donors (Lipinski definition) is 1. The lowest BCUT2D eigenvalue weighted by atomic mass is 10.0. The van der Waals surface area contributed by atoms with Crippen LogP contribution in [0.15, 0.2) is 83.3 Å².